The molecule has 140 valence electrons. The number of benzene rings is 1. The lowest BCUT2D eigenvalue weighted by Gasteiger charge is -2.39. The smallest absolute Gasteiger partial charge is 0.118 e. The van der Waals surface area contributed by atoms with E-state index in [1.54, 1.807) is 18.4 Å². The highest BCUT2D eigenvalue weighted by atomic mass is 32.1. The first kappa shape index (κ1) is 17.9. The topological polar surface area (TPSA) is 43.8 Å². The van der Waals surface area contributed by atoms with Crippen molar-refractivity contribution in [3.63, 3.8) is 0 Å². The highest BCUT2D eigenvalue weighted by Gasteiger charge is 2.42. The third kappa shape index (κ3) is 4.09. The predicted octanol–water partition coefficient (Wildman–Crippen LogP) is 3.35. The first-order valence-electron chi connectivity index (χ1n) is 9.28. The molecular weight excluding hydrogens is 348 g/mol. The van der Waals surface area contributed by atoms with Crippen LogP contribution in [-0.4, -0.2) is 48.9 Å². The van der Waals surface area contributed by atoms with Crippen LogP contribution in [0.15, 0.2) is 35.8 Å². The minimum Gasteiger partial charge on any atom is -0.497 e. The number of methoxy groups -OCH3 is 1. The fraction of sp³-hybridized carbons (Fsp3) is 0.550. The van der Waals surface area contributed by atoms with E-state index in [1.807, 2.05) is 23.7 Å². The van der Waals surface area contributed by atoms with Crippen LogP contribution in [0.25, 0.3) is 0 Å². The third-order valence-corrected chi connectivity index (χ3v) is 6.17. The largest absolute Gasteiger partial charge is 0.497 e. The maximum Gasteiger partial charge on any atom is 0.118 e. The van der Waals surface area contributed by atoms with Gasteiger partial charge in [0.15, 0.2) is 0 Å². The molecule has 3 atom stereocenters. The molecule has 1 aromatic carbocycles. The molecule has 2 fully saturated rings. The summed E-state index contributed by atoms with van der Waals surface area (Å²) in [6.45, 7) is 4.15. The zero-order valence-corrected chi connectivity index (χ0v) is 16.0. The van der Waals surface area contributed by atoms with Crippen molar-refractivity contribution in [2.45, 2.75) is 38.1 Å². The van der Waals surface area contributed by atoms with E-state index in [1.165, 1.54) is 18.4 Å². The van der Waals surface area contributed by atoms with Gasteiger partial charge in [0, 0.05) is 36.6 Å². The summed E-state index contributed by atoms with van der Waals surface area (Å²) in [5, 5.41) is 3.04. The summed E-state index contributed by atoms with van der Waals surface area (Å²) in [6, 6.07) is 8.90. The van der Waals surface area contributed by atoms with Crippen molar-refractivity contribution in [2.24, 2.45) is 5.92 Å². The number of nitrogens with zero attached hydrogens (tertiary/aromatic N) is 2. The molecule has 6 heteroatoms. The van der Waals surface area contributed by atoms with Crippen molar-refractivity contribution in [3.8, 4) is 5.75 Å². The lowest BCUT2D eigenvalue weighted by molar-refractivity contribution is -0.0891. The molecule has 1 aliphatic heterocycles. The second-order valence-electron chi connectivity index (χ2n) is 7.00. The van der Waals surface area contributed by atoms with Crippen LogP contribution in [0.2, 0.25) is 0 Å². The number of ether oxygens (including phenoxy) is 3. The van der Waals surface area contributed by atoms with Crippen molar-refractivity contribution in [3.05, 3.63) is 46.4 Å². The van der Waals surface area contributed by atoms with Gasteiger partial charge in [0.1, 0.15) is 10.8 Å². The van der Waals surface area contributed by atoms with E-state index in [4.69, 9.17) is 14.2 Å². The van der Waals surface area contributed by atoms with E-state index in [0.29, 0.717) is 24.7 Å². The maximum atomic E-state index is 6.15. The van der Waals surface area contributed by atoms with Crippen LogP contribution in [0.4, 0.5) is 0 Å². The van der Waals surface area contributed by atoms with Gasteiger partial charge in [-0.2, -0.15) is 0 Å². The van der Waals surface area contributed by atoms with Crippen LogP contribution in [0.3, 0.4) is 0 Å². The molecule has 2 aliphatic rings. The minimum absolute atomic E-state index is 0.290. The molecule has 1 aromatic heterocycles. The highest BCUT2D eigenvalue weighted by Crippen LogP contribution is 2.35. The number of fused-ring (bicyclic) bond motifs is 1. The zero-order valence-electron chi connectivity index (χ0n) is 15.2. The van der Waals surface area contributed by atoms with E-state index in [9.17, 15) is 0 Å². The van der Waals surface area contributed by atoms with Gasteiger partial charge in [-0.25, -0.2) is 4.98 Å². The first-order valence-corrected chi connectivity index (χ1v) is 10.2. The van der Waals surface area contributed by atoms with Crippen LogP contribution in [0, 0.1) is 5.92 Å². The standard InChI is InChI=1S/C20H26N2O3S/c1-23-17-5-2-15(3-6-17)12-22-9-10-25-20-16(4-7-18(20)22)13-24-14-19-21-8-11-26-19/h2-3,5-6,8,11,16,18,20H,4,7,9-10,12-14H2,1H3/t16-,18+,20-/m1/s1. The van der Waals surface area contributed by atoms with E-state index < -0.39 is 0 Å². The summed E-state index contributed by atoms with van der Waals surface area (Å²) in [5.41, 5.74) is 1.33. The van der Waals surface area contributed by atoms with Crippen molar-refractivity contribution in [2.75, 3.05) is 26.9 Å². The molecule has 0 bridgehead atoms. The maximum absolute atomic E-state index is 6.15. The molecule has 1 saturated heterocycles. The van der Waals surface area contributed by atoms with Crippen LogP contribution in [0.5, 0.6) is 5.75 Å². The van der Waals surface area contributed by atoms with E-state index in [-0.39, 0.29) is 0 Å². The molecule has 0 amide bonds. The fourth-order valence-electron chi connectivity index (χ4n) is 4.10. The third-order valence-electron chi connectivity index (χ3n) is 5.42. The molecule has 4 rings (SSSR count). The van der Waals surface area contributed by atoms with Gasteiger partial charge in [-0.1, -0.05) is 12.1 Å². The van der Waals surface area contributed by atoms with Gasteiger partial charge in [0.2, 0.25) is 0 Å². The average molecular weight is 375 g/mol. The number of morpholine rings is 1. The summed E-state index contributed by atoms with van der Waals surface area (Å²) < 4.78 is 17.3. The molecule has 5 nitrogen and oxygen atoms in total. The van der Waals surface area contributed by atoms with Crippen molar-refractivity contribution in [1.82, 2.24) is 9.88 Å². The second kappa shape index (κ2) is 8.48. The van der Waals surface area contributed by atoms with Gasteiger partial charge in [-0.3, -0.25) is 4.90 Å². The van der Waals surface area contributed by atoms with Gasteiger partial charge in [-0.05, 0) is 30.5 Å². The van der Waals surface area contributed by atoms with Gasteiger partial charge >= 0.3 is 0 Å². The van der Waals surface area contributed by atoms with Crippen molar-refractivity contribution in [1.29, 1.82) is 0 Å². The Kier molecular flexibility index (Phi) is 5.84. The van der Waals surface area contributed by atoms with Crippen molar-refractivity contribution < 1.29 is 14.2 Å². The molecule has 0 spiro atoms. The Hall–Kier alpha value is -1.47. The quantitative estimate of drug-likeness (QED) is 0.744. The van der Waals surface area contributed by atoms with Gasteiger partial charge in [0.05, 0.1) is 33.0 Å². The van der Waals surface area contributed by atoms with E-state index in [0.717, 1.165) is 37.1 Å². The number of hydrogen-bond donors (Lipinski definition) is 0. The molecule has 0 N–H and O–H groups in total. The Bertz CT molecular complexity index is 677. The summed E-state index contributed by atoms with van der Waals surface area (Å²) in [7, 11) is 1.71. The molecule has 0 radical (unpaired) electrons. The lowest BCUT2D eigenvalue weighted by Crippen LogP contribution is -2.50. The van der Waals surface area contributed by atoms with Crippen molar-refractivity contribution >= 4 is 11.3 Å². The van der Waals surface area contributed by atoms with Crippen LogP contribution in [-0.2, 0) is 22.6 Å². The summed E-state index contributed by atoms with van der Waals surface area (Å²) in [6.07, 6.45) is 4.48. The molecule has 1 saturated carbocycles. The molecule has 1 aliphatic carbocycles. The summed E-state index contributed by atoms with van der Waals surface area (Å²) in [5.74, 6) is 1.39. The summed E-state index contributed by atoms with van der Waals surface area (Å²) >= 11 is 1.65. The normalized spacial score (nSPS) is 26.0. The minimum atomic E-state index is 0.290. The average Bonchev–Trinajstić information content (AvgIpc) is 3.33. The van der Waals surface area contributed by atoms with Gasteiger partial charge < -0.3 is 14.2 Å². The van der Waals surface area contributed by atoms with Crippen LogP contribution < -0.4 is 4.74 Å². The lowest BCUT2D eigenvalue weighted by atomic mass is 10.0. The number of aromatic nitrogens is 1. The fourth-order valence-corrected chi connectivity index (χ4v) is 4.65. The number of rotatable bonds is 7. The van der Waals surface area contributed by atoms with E-state index >= 15 is 0 Å². The Morgan fingerprint density at radius 3 is 2.92 bits per heavy atom. The number of hydrogen-bond acceptors (Lipinski definition) is 6. The van der Waals surface area contributed by atoms with Crippen LogP contribution in [0.1, 0.15) is 23.4 Å². The van der Waals surface area contributed by atoms with Crippen LogP contribution >= 0.6 is 11.3 Å². The van der Waals surface area contributed by atoms with Gasteiger partial charge in [-0.15, -0.1) is 11.3 Å². The Labute approximate surface area is 158 Å². The molecule has 0 unspecified atom stereocenters. The predicted molar refractivity (Wildman–Crippen MR) is 101 cm³/mol. The van der Waals surface area contributed by atoms with E-state index in [2.05, 4.69) is 22.0 Å². The second-order valence-corrected chi connectivity index (χ2v) is 7.98. The van der Waals surface area contributed by atoms with Gasteiger partial charge in [0.25, 0.3) is 0 Å². The SMILES string of the molecule is COc1ccc(CN2CCO[C@@H]3[C@@H](COCc4nccs4)CC[C@@H]32)cc1. The zero-order chi connectivity index (χ0) is 17.8. The number of thiazole rings is 1. The Morgan fingerprint density at radius 2 is 2.15 bits per heavy atom. The Morgan fingerprint density at radius 1 is 1.27 bits per heavy atom. The Balaban J connectivity index is 1.32. The highest BCUT2D eigenvalue weighted by molar-refractivity contribution is 7.09. The molecule has 2 heterocycles. The molecule has 2 aromatic rings. The monoisotopic (exact) mass is 374 g/mol. The summed E-state index contributed by atoms with van der Waals surface area (Å²) in [4.78, 5) is 6.86. The first-order chi connectivity index (χ1) is 12.8. The molecule has 26 heavy (non-hydrogen) atoms. The molecular formula is C20H26N2O3S.